The zero-order valence-corrected chi connectivity index (χ0v) is 9.86. The topological polar surface area (TPSA) is 15.3 Å². The van der Waals surface area contributed by atoms with Crippen LogP contribution in [0.4, 0.5) is 0 Å². The molecular formula is C10H21ClN2. The molecule has 0 spiro atoms. The Balaban J connectivity index is 3.42. The van der Waals surface area contributed by atoms with Crippen LogP contribution in [0, 0.1) is 0 Å². The molecule has 0 rings (SSSR count). The van der Waals surface area contributed by atoms with Crippen molar-refractivity contribution in [1.29, 1.82) is 0 Å². The van der Waals surface area contributed by atoms with Gasteiger partial charge >= 0.3 is 0 Å². The summed E-state index contributed by atoms with van der Waals surface area (Å²) in [6.45, 7) is 9.48. The van der Waals surface area contributed by atoms with Crippen LogP contribution in [-0.4, -0.2) is 37.1 Å². The predicted molar refractivity (Wildman–Crippen MR) is 60.2 cm³/mol. The SMILES string of the molecule is CN(C/C=C/Cl)CCNC(C)(C)C. The van der Waals surface area contributed by atoms with Gasteiger partial charge in [0.15, 0.2) is 0 Å². The van der Waals surface area contributed by atoms with Crippen LogP contribution in [0.3, 0.4) is 0 Å². The summed E-state index contributed by atoms with van der Waals surface area (Å²) < 4.78 is 0. The van der Waals surface area contributed by atoms with Gasteiger partial charge in [-0.2, -0.15) is 0 Å². The Morgan fingerprint density at radius 3 is 2.46 bits per heavy atom. The van der Waals surface area contributed by atoms with E-state index in [9.17, 15) is 0 Å². The van der Waals surface area contributed by atoms with Crippen LogP contribution in [-0.2, 0) is 0 Å². The summed E-state index contributed by atoms with van der Waals surface area (Å²) in [6.07, 6.45) is 1.94. The normalized spacial score (nSPS) is 13.1. The van der Waals surface area contributed by atoms with Gasteiger partial charge in [-0.25, -0.2) is 0 Å². The van der Waals surface area contributed by atoms with Gasteiger partial charge in [0.2, 0.25) is 0 Å². The van der Waals surface area contributed by atoms with Crippen molar-refractivity contribution >= 4 is 11.6 Å². The first-order valence-electron chi connectivity index (χ1n) is 4.64. The van der Waals surface area contributed by atoms with Crippen LogP contribution in [0.25, 0.3) is 0 Å². The number of likely N-dealkylation sites (N-methyl/N-ethyl adjacent to an activating group) is 1. The van der Waals surface area contributed by atoms with Crippen LogP contribution in [0.15, 0.2) is 11.6 Å². The molecule has 13 heavy (non-hydrogen) atoms. The van der Waals surface area contributed by atoms with Crippen molar-refractivity contribution in [2.24, 2.45) is 0 Å². The van der Waals surface area contributed by atoms with E-state index in [4.69, 9.17) is 11.6 Å². The standard InChI is InChI=1S/C10H21ClN2/c1-10(2,3)12-7-9-13(4)8-5-6-11/h5-6,12H,7-9H2,1-4H3/b6-5+. The van der Waals surface area contributed by atoms with Gasteiger partial charge in [-0.05, 0) is 27.8 Å². The van der Waals surface area contributed by atoms with Crippen molar-refractivity contribution in [1.82, 2.24) is 10.2 Å². The van der Waals surface area contributed by atoms with Crippen LogP contribution in [0.5, 0.6) is 0 Å². The number of nitrogens with one attached hydrogen (secondary N) is 1. The largest absolute Gasteiger partial charge is 0.311 e. The van der Waals surface area contributed by atoms with E-state index < -0.39 is 0 Å². The predicted octanol–water partition coefficient (Wildman–Crippen LogP) is 2.06. The zero-order chi connectivity index (χ0) is 10.3. The van der Waals surface area contributed by atoms with E-state index in [2.05, 4.69) is 38.0 Å². The summed E-state index contributed by atoms with van der Waals surface area (Å²) in [6, 6.07) is 0. The van der Waals surface area contributed by atoms with Gasteiger partial charge in [-0.15, -0.1) is 0 Å². The number of halogens is 1. The lowest BCUT2D eigenvalue weighted by atomic mass is 10.1. The molecule has 0 radical (unpaired) electrons. The van der Waals surface area contributed by atoms with E-state index in [1.165, 1.54) is 0 Å². The number of rotatable bonds is 5. The smallest absolute Gasteiger partial charge is 0.0172 e. The highest BCUT2D eigenvalue weighted by atomic mass is 35.5. The van der Waals surface area contributed by atoms with E-state index in [0.717, 1.165) is 19.6 Å². The van der Waals surface area contributed by atoms with Crippen LogP contribution in [0.2, 0.25) is 0 Å². The fourth-order valence-corrected chi connectivity index (χ4v) is 1.01. The van der Waals surface area contributed by atoms with Crippen LogP contribution in [0.1, 0.15) is 20.8 Å². The second-order valence-corrected chi connectivity index (χ2v) is 4.55. The average Bonchev–Trinajstić information content (AvgIpc) is 1.98. The molecule has 0 unspecified atom stereocenters. The molecule has 0 aliphatic heterocycles. The Hall–Kier alpha value is -0.0500. The maximum atomic E-state index is 5.43. The second-order valence-electron chi connectivity index (χ2n) is 4.30. The molecule has 0 saturated heterocycles. The summed E-state index contributed by atoms with van der Waals surface area (Å²) in [4.78, 5) is 2.22. The number of hydrogen-bond acceptors (Lipinski definition) is 2. The average molecular weight is 205 g/mol. The Morgan fingerprint density at radius 1 is 1.38 bits per heavy atom. The molecule has 0 fully saturated rings. The molecule has 0 aliphatic carbocycles. The molecule has 0 saturated carbocycles. The molecule has 0 aromatic heterocycles. The van der Waals surface area contributed by atoms with Crippen molar-refractivity contribution in [2.45, 2.75) is 26.3 Å². The second kappa shape index (κ2) is 6.41. The van der Waals surface area contributed by atoms with Gasteiger partial charge in [0, 0.05) is 30.7 Å². The molecule has 1 N–H and O–H groups in total. The summed E-state index contributed by atoms with van der Waals surface area (Å²) in [7, 11) is 2.08. The summed E-state index contributed by atoms with van der Waals surface area (Å²) in [5.74, 6) is 0. The number of hydrogen-bond donors (Lipinski definition) is 1. The van der Waals surface area contributed by atoms with Gasteiger partial charge in [-0.3, -0.25) is 0 Å². The molecule has 0 amide bonds. The van der Waals surface area contributed by atoms with Crippen molar-refractivity contribution in [3.8, 4) is 0 Å². The Morgan fingerprint density at radius 2 is 2.00 bits per heavy atom. The van der Waals surface area contributed by atoms with Crippen molar-refractivity contribution in [2.75, 3.05) is 26.7 Å². The highest BCUT2D eigenvalue weighted by molar-refractivity contribution is 6.25. The molecule has 0 atom stereocenters. The first-order chi connectivity index (χ1) is 5.95. The third-order valence-corrected chi connectivity index (χ3v) is 1.83. The Bertz CT molecular complexity index is 149. The Kier molecular flexibility index (Phi) is 6.39. The molecule has 0 aromatic rings. The minimum absolute atomic E-state index is 0.211. The van der Waals surface area contributed by atoms with E-state index in [1.807, 2.05) is 6.08 Å². The van der Waals surface area contributed by atoms with E-state index in [-0.39, 0.29) is 5.54 Å². The maximum Gasteiger partial charge on any atom is 0.0172 e. The first kappa shape index (κ1) is 12.9. The lowest BCUT2D eigenvalue weighted by molar-refractivity contribution is 0.333. The molecule has 2 nitrogen and oxygen atoms in total. The van der Waals surface area contributed by atoms with Crippen molar-refractivity contribution in [3.63, 3.8) is 0 Å². The fraction of sp³-hybridized carbons (Fsp3) is 0.800. The van der Waals surface area contributed by atoms with Crippen molar-refractivity contribution < 1.29 is 0 Å². The minimum atomic E-state index is 0.211. The van der Waals surface area contributed by atoms with E-state index in [0.29, 0.717) is 0 Å². The van der Waals surface area contributed by atoms with Crippen LogP contribution < -0.4 is 5.32 Å². The number of nitrogens with zero attached hydrogens (tertiary/aromatic N) is 1. The van der Waals surface area contributed by atoms with Gasteiger partial charge in [0.1, 0.15) is 0 Å². The van der Waals surface area contributed by atoms with Crippen molar-refractivity contribution in [3.05, 3.63) is 11.6 Å². The summed E-state index contributed by atoms with van der Waals surface area (Å²) in [5.41, 5.74) is 1.77. The third-order valence-electron chi connectivity index (χ3n) is 1.66. The molecule has 0 heterocycles. The highest BCUT2D eigenvalue weighted by Crippen LogP contribution is 1.97. The van der Waals surface area contributed by atoms with Gasteiger partial charge in [0.05, 0.1) is 0 Å². The van der Waals surface area contributed by atoms with Gasteiger partial charge in [-0.1, -0.05) is 17.7 Å². The Labute approximate surface area is 86.9 Å². The first-order valence-corrected chi connectivity index (χ1v) is 5.08. The molecule has 0 aliphatic rings. The van der Waals surface area contributed by atoms with E-state index >= 15 is 0 Å². The highest BCUT2D eigenvalue weighted by Gasteiger charge is 2.07. The minimum Gasteiger partial charge on any atom is -0.311 e. The van der Waals surface area contributed by atoms with Crippen LogP contribution >= 0.6 is 11.6 Å². The molecule has 0 bridgehead atoms. The fourth-order valence-electron chi connectivity index (χ4n) is 0.933. The molecule has 78 valence electrons. The maximum absolute atomic E-state index is 5.43. The molecule has 0 aromatic carbocycles. The molecular weight excluding hydrogens is 184 g/mol. The zero-order valence-electron chi connectivity index (χ0n) is 9.10. The lowest BCUT2D eigenvalue weighted by Gasteiger charge is -2.22. The quantitative estimate of drug-likeness (QED) is 0.738. The van der Waals surface area contributed by atoms with Gasteiger partial charge < -0.3 is 10.2 Å². The third kappa shape index (κ3) is 9.87. The monoisotopic (exact) mass is 204 g/mol. The summed E-state index contributed by atoms with van der Waals surface area (Å²) in [5, 5.41) is 3.43. The summed E-state index contributed by atoms with van der Waals surface area (Å²) >= 11 is 5.43. The molecule has 3 heteroatoms. The van der Waals surface area contributed by atoms with E-state index in [1.54, 1.807) is 5.54 Å². The van der Waals surface area contributed by atoms with Gasteiger partial charge in [0.25, 0.3) is 0 Å². The lowest BCUT2D eigenvalue weighted by Crippen LogP contribution is -2.40.